The molecular formula is C11H18N2O4S2. The number of nitrogens with zero attached hydrogens (tertiary/aromatic N) is 1. The molecule has 1 aromatic carbocycles. The van der Waals surface area contributed by atoms with Crippen molar-refractivity contribution in [3.05, 3.63) is 29.8 Å². The third-order valence-corrected chi connectivity index (χ3v) is 5.57. The molecule has 0 aliphatic rings. The summed E-state index contributed by atoms with van der Waals surface area (Å²) in [5, 5.41) is 0. The van der Waals surface area contributed by atoms with Crippen LogP contribution >= 0.6 is 0 Å². The van der Waals surface area contributed by atoms with Crippen LogP contribution < -0.4 is 5.73 Å². The van der Waals surface area contributed by atoms with Crippen molar-refractivity contribution in [2.45, 2.75) is 6.54 Å². The summed E-state index contributed by atoms with van der Waals surface area (Å²) in [6.45, 7) is 0.187. The zero-order valence-electron chi connectivity index (χ0n) is 10.9. The van der Waals surface area contributed by atoms with E-state index in [0.717, 1.165) is 16.1 Å². The summed E-state index contributed by atoms with van der Waals surface area (Å²) in [5.74, 6) is -0.779. The number of nitrogens with two attached hydrogens (primary N) is 1. The third kappa shape index (κ3) is 5.58. The Bertz CT molecular complexity index is 621. The monoisotopic (exact) mass is 306 g/mol. The lowest BCUT2D eigenvalue weighted by Gasteiger charge is -2.17. The van der Waals surface area contributed by atoms with Crippen molar-refractivity contribution in [1.29, 1.82) is 0 Å². The first-order valence-corrected chi connectivity index (χ1v) is 9.23. The molecular weight excluding hydrogens is 288 g/mol. The normalized spacial score (nSPS) is 12.8. The number of anilines is 1. The minimum atomic E-state index is -3.58. The summed E-state index contributed by atoms with van der Waals surface area (Å²) in [7, 11) is -5.45. The number of hydrogen-bond acceptors (Lipinski definition) is 5. The van der Waals surface area contributed by atoms with E-state index in [1.54, 1.807) is 24.3 Å². The fraction of sp³-hybridized carbons (Fsp3) is 0.455. The lowest BCUT2D eigenvalue weighted by atomic mass is 10.2. The van der Waals surface area contributed by atoms with Gasteiger partial charge in [-0.15, -0.1) is 0 Å². The minimum absolute atomic E-state index is 0.187. The second-order valence-corrected chi connectivity index (χ2v) is 8.90. The van der Waals surface area contributed by atoms with E-state index in [9.17, 15) is 16.8 Å². The van der Waals surface area contributed by atoms with Crippen molar-refractivity contribution < 1.29 is 16.8 Å². The van der Waals surface area contributed by atoms with E-state index in [2.05, 4.69) is 0 Å². The van der Waals surface area contributed by atoms with E-state index in [1.807, 2.05) is 0 Å². The quantitative estimate of drug-likeness (QED) is 0.750. The Morgan fingerprint density at radius 1 is 1.05 bits per heavy atom. The van der Waals surface area contributed by atoms with Gasteiger partial charge in [-0.2, -0.15) is 0 Å². The maximum absolute atomic E-state index is 11.9. The van der Waals surface area contributed by atoms with E-state index in [0.29, 0.717) is 5.69 Å². The highest BCUT2D eigenvalue weighted by Gasteiger charge is 2.20. The maximum atomic E-state index is 11.9. The molecule has 0 aliphatic heterocycles. The van der Waals surface area contributed by atoms with E-state index in [4.69, 9.17) is 5.73 Å². The van der Waals surface area contributed by atoms with Gasteiger partial charge in [0.1, 0.15) is 9.84 Å². The number of nitrogen functional groups attached to an aromatic ring is 1. The Kier molecular flexibility index (Phi) is 4.94. The molecule has 0 aromatic heterocycles. The SMILES string of the molecule is CN(Cc1ccc(N)cc1)S(=O)(=O)CCS(C)(=O)=O. The van der Waals surface area contributed by atoms with Gasteiger partial charge in [-0.3, -0.25) is 0 Å². The van der Waals surface area contributed by atoms with Crippen molar-refractivity contribution in [1.82, 2.24) is 4.31 Å². The summed E-state index contributed by atoms with van der Waals surface area (Å²) in [5.41, 5.74) is 6.93. The zero-order chi connectivity index (χ0) is 14.7. The first-order chi connectivity index (χ1) is 8.60. The molecule has 0 unspecified atom stereocenters. The smallest absolute Gasteiger partial charge is 0.215 e. The van der Waals surface area contributed by atoms with Gasteiger partial charge in [0.2, 0.25) is 10.0 Å². The average Bonchev–Trinajstić information content (AvgIpc) is 2.29. The summed E-state index contributed by atoms with van der Waals surface area (Å²) in [6, 6.07) is 6.84. The molecule has 6 nitrogen and oxygen atoms in total. The van der Waals surface area contributed by atoms with E-state index < -0.39 is 25.6 Å². The standard InChI is InChI=1S/C11H18N2O4S2/c1-13(9-10-3-5-11(12)6-4-10)19(16,17)8-7-18(2,14)15/h3-6H,7-9,12H2,1-2H3. The van der Waals surface area contributed by atoms with Crippen molar-refractivity contribution in [2.75, 3.05) is 30.5 Å². The van der Waals surface area contributed by atoms with Gasteiger partial charge in [-0.05, 0) is 17.7 Å². The van der Waals surface area contributed by atoms with Crippen LogP contribution in [0.3, 0.4) is 0 Å². The summed E-state index contributed by atoms with van der Waals surface area (Å²) in [4.78, 5) is 0. The highest BCUT2D eigenvalue weighted by atomic mass is 32.2. The van der Waals surface area contributed by atoms with E-state index >= 15 is 0 Å². The Morgan fingerprint density at radius 3 is 2.05 bits per heavy atom. The summed E-state index contributed by atoms with van der Waals surface area (Å²) in [6.07, 6.45) is 1.02. The number of hydrogen-bond donors (Lipinski definition) is 1. The van der Waals surface area contributed by atoms with Gasteiger partial charge in [0.05, 0.1) is 11.5 Å². The number of sulfonamides is 1. The predicted octanol–water partition coefficient (Wildman–Crippen LogP) is 0.0750. The van der Waals surface area contributed by atoms with Crippen LogP contribution in [0.2, 0.25) is 0 Å². The molecule has 19 heavy (non-hydrogen) atoms. The lowest BCUT2D eigenvalue weighted by molar-refractivity contribution is 0.467. The molecule has 2 N–H and O–H groups in total. The fourth-order valence-electron chi connectivity index (χ4n) is 1.39. The van der Waals surface area contributed by atoms with Gasteiger partial charge in [-0.25, -0.2) is 21.1 Å². The number of rotatable bonds is 6. The van der Waals surface area contributed by atoms with Gasteiger partial charge in [-0.1, -0.05) is 12.1 Å². The van der Waals surface area contributed by atoms with Crippen LogP contribution in [0.5, 0.6) is 0 Å². The predicted molar refractivity (Wildman–Crippen MR) is 75.8 cm³/mol. The van der Waals surface area contributed by atoms with Crippen LogP contribution in [0.4, 0.5) is 5.69 Å². The van der Waals surface area contributed by atoms with Gasteiger partial charge in [0.15, 0.2) is 0 Å². The van der Waals surface area contributed by atoms with Gasteiger partial charge in [0.25, 0.3) is 0 Å². The molecule has 108 valence electrons. The Balaban J connectivity index is 2.71. The van der Waals surface area contributed by atoms with Crippen molar-refractivity contribution >= 4 is 25.5 Å². The summed E-state index contributed by atoms with van der Waals surface area (Å²) < 4.78 is 46.9. The molecule has 0 saturated carbocycles. The number of benzene rings is 1. The second kappa shape index (κ2) is 5.89. The van der Waals surface area contributed by atoms with Gasteiger partial charge in [0, 0.05) is 25.5 Å². The molecule has 0 radical (unpaired) electrons. The van der Waals surface area contributed by atoms with E-state index in [-0.39, 0.29) is 12.3 Å². The van der Waals surface area contributed by atoms with Crippen LogP contribution in [0.15, 0.2) is 24.3 Å². The molecule has 8 heteroatoms. The molecule has 1 rings (SSSR count). The first-order valence-electron chi connectivity index (χ1n) is 5.56. The van der Waals surface area contributed by atoms with Crippen LogP contribution in [-0.2, 0) is 26.4 Å². The lowest BCUT2D eigenvalue weighted by Crippen LogP contribution is -2.31. The first kappa shape index (κ1) is 15.9. The number of sulfone groups is 1. The molecule has 0 atom stereocenters. The summed E-state index contributed by atoms with van der Waals surface area (Å²) >= 11 is 0. The maximum Gasteiger partial charge on any atom is 0.215 e. The molecule has 0 spiro atoms. The molecule has 0 bridgehead atoms. The van der Waals surface area contributed by atoms with Crippen LogP contribution in [0, 0.1) is 0 Å². The topological polar surface area (TPSA) is 97.5 Å². The van der Waals surface area contributed by atoms with Gasteiger partial charge < -0.3 is 5.73 Å². The van der Waals surface area contributed by atoms with Crippen molar-refractivity contribution in [3.63, 3.8) is 0 Å². The van der Waals surface area contributed by atoms with Gasteiger partial charge >= 0.3 is 0 Å². The second-order valence-electron chi connectivity index (χ2n) is 4.44. The highest BCUT2D eigenvalue weighted by Crippen LogP contribution is 2.10. The van der Waals surface area contributed by atoms with Crippen LogP contribution in [0.1, 0.15) is 5.56 Å². The van der Waals surface area contributed by atoms with E-state index in [1.165, 1.54) is 7.05 Å². The molecule has 0 aliphatic carbocycles. The Hall–Kier alpha value is -1.12. The third-order valence-electron chi connectivity index (χ3n) is 2.57. The highest BCUT2D eigenvalue weighted by molar-refractivity contribution is 7.93. The Labute approximate surface area is 114 Å². The average molecular weight is 306 g/mol. The molecule has 1 aromatic rings. The van der Waals surface area contributed by atoms with Crippen molar-refractivity contribution in [3.8, 4) is 0 Å². The zero-order valence-corrected chi connectivity index (χ0v) is 12.5. The molecule has 0 amide bonds. The van der Waals surface area contributed by atoms with Crippen LogP contribution in [0.25, 0.3) is 0 Å². The molecule has 0 saturated heterocycles. The Morgan fingerprint density at radius 2 is 1.58 bits per heavy atom. The fourth-order valence-corrected chi connectivity index (χ4v) is 4.10. The van der Waals surface area contributed by atoms with Crippen molar-refractivity contribution in [2.24, 2.45) is 0 Å². The van der Waals surface area contributed by atoms with Crippen LogP contribution in [-0.4, -0.2) is 45.9 Å². The molecule has 0 heterocycles. The molecule has 0 fully saturated rings. The largest absolute Gasteiger partial charge is 0.399 e. The minimum Gasteiger partial charge on any atom is -0.399 e.